The van der Waals surface area contributed by atoms with Crippen molar-refractivity contribution < 1.29 is 9.32 Å². The number of nitrogens with one attached hydrogen (secondary N) is 1. The minimum Gasteiger partial charge on any atom is -0.364 e. The Hall–Kier alpha value is -1.81. The number of nitrogens with zero attached hydrogens (tertiary/aromatic N) is 1. The predicted molar refractivity (Wildman–Crippen MR) is 60.6 cm³/mol. The van der Waals surface area contributed by atoms with Crippen molar-refractivity contribution >= 4 is 23.2 Å². The molecule has 1 aromatic carbocycles. The van der Waals surface area contributed by atoms with Gasteiger partial charge >= 0.3 is 0 Å². The number of carbonyl (C=O) groups excluding carboxylic acids is 1. The van der Waals surface area contributed by atoms with Crippen molar-refractivity contribution in [1.82, 2.24) is 5.16 Å². The van der Waals surface area contributed by atoms with Crippen LogP contribution in [0.4, 0.5) is 5.69 Å². The lowest BCUT2D eigenvalue weighted by atomic mass is 10.2. The quantitative estimate of drug-likeness (QED) is 0.872. The number of aryl methyl sites for hydroxylation is 1. The Bertz CT molecular complexity index is 522. The standard InChI is InChI=1S/C11H9ClN2O2/c1-7-10(6-16-14-7)11(15)13-9-4-2-3-8(12)5-9/h2-6H,1H3,(H,13,15). The lowest BCUT2D eigenvalue weighted by Crippen LogP contribution is -2.12. The van der Waals surface area contributed by atoms with E-state index in [1.807, 2.05) is 0 Å². The maximum absolute atomic E-state index is 11.8. The van der Waals surface area contributed by atoms with Gasteiger partial charge in [0.1, 0.15) is 11.8 Å². The first kappa shape index (κ1) is 10.7. The number of anilines is 1. The summed E-state index contributed by atoms with van der Waals surface area (Å²) in [6, 6.07) is 6.93. The van der Waals surface area contributed by atoms with E-state index in [4.69, 9.17) is 16.1 Å². The molecular weight excluding hydrogens is 228 g/mol. The monoisotopic (exact) mass is 236 g/mol. The van der Waals surface area contributed by atoms with Crippen molar-refractivity contribution in [2.45, 2.75) is 6.92 Å². The largest absolute Gasteiger partial charge is 0.364 e. The third-order valence-electron chi connectivity index (χ3n) is 2.08. The van der Waals surface area contributed by atoms with Gasteiger partial charge in [-0.2, -0.15) is 0 Å². The minimum atomic E-state index is -0.263. The Labute approximate surface area is 97.2 Å². The zero-order valence-electron chi connectivity index (χ0n) is 8.53. The molecule has 0 atom stereocenters. The molecule has 1 N–H and O–H groups in total. The molecule has 5 heteroatoms. The Kier molecular flexibility index (Phi) is 2.92. The van der Waals surface area contributed by atoms with Crippen LogP contribution in [0.25, 0.3) is 0 Å². The molecule has 2 aromatic rings. The molecule has 0 fully saturated rings. The summed E-state index contributed by atoms with van der Waals surface area (Å²) in [4.78, 5) is 11.8. The van der Waals surface area contributed by atoms with Crippen molar-refractivity contribution in [1.29, 1.82) is 0 Å². The van der Waals surface area contributed by atoms with Gasteiger partial charge in [-0.3, -0.25) is 4.79 Å². The van der Waals surface area contributed by atoms with E-state index in [0.717, 1.165) is 0 Å². The molecule has 1 aromatic heterocycles. The number of halogens is 1. The first-order chi connectivity index (χ1) is 7.66. The van der Waals surface area contributed by atoms with Gasteiger partial charge in [0, 0.05) is 10.7 Å². The molecule has 0 radical (unpaired) electrons. The SMILES string of the molecule is Cc1nocc1C(=O)Nc1cccc(Cl)c1. The zero-order chi connectivity index (χ0) is 11.5. The zero-order valence-corrected chi connectivity index (χ0v) is 9.28. The molecule has 0 saturated carbocycles. The molecule has 16 heavy (non-hydrogen) atoms. The normalized spacial score (nSPS) is 10.1. The van der Waals surface area contributed by atoms with Crippen LogP contribution >= 0.6 is 11.6 Å². The molecule has 0 aliphatic rings. The molecule has 0 unspecified atom stereocenters. The summed E-state index contributed by atoms with van der Waals surface area (Å²) in [6.45, 7) is 1.70. The van der Waals surface area contributed by atoms with Gasteiger partial charge in [-0.25, -0.2) is 0 Å². The van der Waals surface area contributed by atoms with Crippen LogP contribution in [-0.4, -0.2) is 11.1 Å². The van der Waals surface area contributed by atoms with E-state index in [-0.39, 0.29) is 5.91 Å². The minimum absolute atomic E-state index is 0.263. The lowest BCUT2D eigenvalue weighted by molar-refractivity contribution is 0.102. The topological polar surface area (TPSA) is 55.1 Å². The molecule has 0 aliphatic heterocycles. The Morgan fingerprint density at radius 1 is 1.50 bits per heavy atom. The van der Waals surface area contributed by atoms with Crippen LogP contribution in [0, 0.1) is 6.92 Å². The van der Waals surface area contributed by atoms with E-state index < -0.39 is 0 Å². The fourth-order valence-corrected chi connectivity index (χ4v) is 1.47. The molecule has 1 heterocycles. The predicted octanol–water partition coefficient (Wildman–Crippen LogP) is 2.89. The molecule has 0 bridgehead atoms. The van der Waals surface area contributed by atoms with Crippen molar-refractivity contribution in [2.75, 3.05) is 5.32 Å². The van der Waals surface area contributed by atoms with Crippen molar-refractivity contribution in [3.8, 4) is 0 Å². The highest BCUT2D eigenvalue weighted by Crippen LogP contribution is 2.16. The summed E-state index contributed by atoms with van der Waals surface area (Å²) >= 11 is 5.80. The molecular formula is C11H9ClN2O2. The fraction of sp³-hybridized carbons (Fsp3) is 0.0909. The van der Waals surface area contributed by atoms with Crippen molar-refractivity contribution in [3.05, 3.63) is 46.8 Å². The Morgan fingerprint density at radius 2 is 2.31 bits per heavy atom. The molecule has 0 spiro atoms. The molecule has 1 amide bonds. The first-order valence-electron chi connectivity index (χ1n) is 4.65. The number of amides is 1. The van der Waals surface area contributed by atoms with E-state index in [1.54, 1.807) is 31.2 Å². The molecule has 82 valence electrons. The van der Waals surface area contributed by atoms with E-state index in [2.05, 4.69) is 10.5 Å². The van der Waals surface area contributed by atoms with Crippen LogP contribution in [0.1, 0.15) is 16.1 Å². The summed E-state index contributed by atoms with van der Waals surface area (Å²) in [5.74, 6) is -0.263. The van der Waals surface area contributed by atoms with Crippen LogP contribution in [0.15, 0.2) is 35.1 Å². The van der Waals surface area contributed by atoms with Gasteiger partial charge in [-0.1, -0.05) is 22.8 Å². The molecule has 0 aliphatic carbocycles. The summed E-state index contributed by atoms with van der Waals surface area (Å²) in [5, 5.41) is 6.91. The van der Waals surface area contributed by atoms with Gasteiger partial charge in [0.15, 0.2) is 0 Å². The second-order valence-corrected chi connectivity index (χ2v) is 3.71. The second kappa shape index (κ2) is 4.37. The van der Waals surface area contributed by atoms with Crippen LogP contribution in [0.2, 0.25) is 5.02 Å². The van der Waals surface area contributed by atoms with E-state index in [9.17, 15) is 4.79 Å². The van der Waals surface area contributed by atoms with Crippen molar-refractivity contribution in [2.24, 2.45) is 0 Å². The molecule has 2 rings (SSSR count). The van der Waals surface area contributed by atoms with Gasteiger partial charge in [0.05, 0.1) is 5.69 Å². The van der Waals surface area contributed by atoms with Crippen LogP contribution in [0.5, 0.6) is 0 Å². The van der Waals surface area contributed by atoms with Gasteiger partial charge in [-0.15, -0.1) is 0 Å². The van der Waals surface area contributed by atoms with Gasteiger partial charge in [-0.05, 0) is 25.1 Å². The number of hydrogen-bond donors (Lipinski definition) is 1. The number of rotatable bonds is 2. The van der Waals surface area contributed by atoms with Crippen LogP contribution < -0.4 is 5.32 Å². The van der Waals surface area contributed by atoms with Crippen LogP contribution in [-0.2, 0) is 0 Å². The summed E-state index contributed by atoms with van der Waals surface area (Å²) in [6.07, 6.45) is 1.31. The smallest absolute Gasteiger partial charge is 0.260 e. The average Bonchev–Trinajstić information content (AvgIpc) is 2.64. The summed E-state index contributed by atoms with van der Waals surface area (Å²) in [7, 11) is 0. The maximum atomic E-state index is 11.8. The fourth-order valence-electron chi connectivity index (χ4n) is 1.28. The highest BCUT2D eigenvalue weighted by atomic mass is 35.5. The number of hydrogen-bond acceptors (Lipinski definition) is 3. The van der Waals surface area contributed by atoms with Crippen molar-refractivity contribution in [3.63, 3.8) is 0 Å². The highest BCUT2D eigenvalue weighted by Gasteiger charge is 2.12. The average molecular weight is 237 g/mol. The van der Waals surface area contributed by atoms with E-state index in [1.165, 1.54) is 6.26 Å². The third-order valence-corrected chi connectivity index (χ3v) is 2.31. The first-order valence-corrected chi connectivity index (χ1v) is 5.02. The van der Waals surface area contributed by atoms with Gasteiger partial charge in [0.25, 0.3) is 5.91 Å². The second-order valence-electron chi connectivity index (χ2n) is 3.28. The lowest BCUT2D eigenvalue weighted by Gasteiger charge is -2.03. The molecule has 0 saturated heterocycles. The Balaban J connectivity index is 2.17. The number of aromatic nitrogens is 1. The van der Waals surface area contributed by atoms with Gasteiger partial charge < -0.3 is 9.84 Å². The number of benzene rings is 1. The summed E-state index contributed by atoms with van der Waals surface area (Å²) in [5.41, 5.74) is 1.61. The van der Waals surface area contributed by atoms with E-state index >= 15 is 0 Å². The number of carbonyl (C=O) groups is 1. The Morgan fingerprint density at radius 3 is 2.94 bits per heavy atom. The maximum Gasteiger partial charge on any atom is 0.260 e. The van der Waals surface area contributed by atoms with Crippen LogP contribution in [0.3, 0.4) is 0 Å². The third kappa shape index (κ3) is 2.23. The highest BCUT2D eigenvalue weighted by molar-refractivity contribution is 6.30. The summed E-state index contributed by atoms with van der Waals surface area (Å²) < 4.78 is 4.69. The molecule has 4 nitrogen and oxygen atoms in total. The van der Waals surface area contributed by atoms with E-state index in [0.29, 0.717) is 22.0 Å². The van der Waals surface area contributed by atoms with Gasteiger partial charge in [0.2, 0.25) is 0 Å².